The average molecular weight is 395 g/mol. The highest BCUT2D eigenvalue weighted by Gasteiger charge is 2.27. The Morgan fingerprint density at radius 1 is 1.23 bits per heavy atom. The van der Waals surface area contributed by atoms with E-state index in [9.17, 15) is 10.1 Å². The molecule has 0 saturated carbocycles. The van der Waals surface area contributed by atoms with Crippen LogP contribution in [0.25, 0.3) is 27.7 Å². The Hall–Kier alpha value is -3.40. The van der Waals surface area contributed by atoms with Crippen LogP contribution in [0.1, 0.15) is 30.1 Å². The smallest absolute Gasteiger partial charge is 0.269 e. The highest BCUT2D eigenvalue weighted by atomic mass is 16.1. The lowest BCUT2D eigenvalue weighted by Crippen LogP contribution is -2.30. The minimum absolute atomic E-state index is 0.0208. The number of nitrogens with zero attached hydrogens (tertiary/aromatic N) is 5. The van der Waals surface area contributed by atoms with Crippen LogP contribution in [0, 0.1) is 25.1 Å². The molecular formula is C23H22BN5O. The first-order chi connectivity index (χ1) is 14.5. The van der Waals surface area contributed by atoms with Gasteiger partial charge in [0.25, 0.3) is 12.3 Å². The number of benzene rings is 1. The molecular weight excluding hydrogens is 373 g/mol. The van der Waals surface area contributed by atoms with Crippen LogP contribution in [0.15, 0.2) is 47.5 Å². The van der Waals surface area contributed by atoms with E-state index >= 15 is 0 Å². The van der Waals surface area contributed by atoms with Crippen LogP contribution < -0.4 is 5.56 Å². The van der Waals surface area contributed by atoms with Gasteiger partial charge in [-0.15, -0.1) is 0 Å². The summed E-state index contributed by atoms with van der Waals surface area (Å²) in [7, 11) is 0. The fourth-order valence-corrected chi connectivity index (χ4v) is 4.63. The SMILES string of the molecule is Cc1cn2nc(-c3ccc4c(=O)n(C5CCCB(C#N)C5)ccc4c3)cc(C)c2n1. The first-order valence-corrected chi connectivity index (χ1v) is 10.4. The molecule has 1 fully saturated rings. The van der Waals surface area contributed by atoms with Gasteiger partial charge in [-0.3, -0.25) is 4.79 Å². The van der Waals surface area contributed by atoms with Crippen LogP contribution in [-0.2, 0) is 0 Å². The minimum atomic E-state index is 0.0208. The molecule has 1 saturated heterocycles. The maximum Gasteiger partial charge on any atom is 0.269 e. The standard InChI is InChI=1S/C23H22BN5O/c1-15-10-21(27-29-13-16(2)26-22(15)29)18-5-6-20-17(11-18)7-9-28(23(20)30)19-4-3-8-24(12-19)14-25/h5-7,9-11,13,19H,3-4,8,12H2,1-2H3. The second-order valence-corrected chi connectivity index (χ2v) is 8.34. The topological polar surface area (TPSA) is 76.0 Å². The largest absolute Gasteiger partial charge is 0.313 e. The Bertz CT molecular complexity index is 1380. The van der Waals surface area contributed by atoms with Crippen molar-refractivity contribution in [1.29, 1.82) is 5.26 Å². The van der Waals surface area contributed by atoms with Crippen molar-refractivity contribution in [1.82, 2.24) is 19.2 Å². The number of nitriles is 1. The summed E-state index contributed by atoms with van der Waals surface area (Å²) in [6.07, 6.45) is 7.45. The third-order valence-electron chi connectivity index (χ3n) is 6.18. The first-order valence-electron chi connectivity index (χ1n) is 10.4. The monoisotopic (exact) mass is 395 g/mol. The van der Waals surface area contributed by atoms with Gasteiger partial charge in [-0.05, 0) is 61.8 Å². The van der Waals surface area contributed by atoms with E-state index in [1.807, 2.05) is 65.7 Å². The van der Waals surface area contributed by atoms with Gasteiger partial charge in [0.2, 0.25) is 0 Å². The Kier molecular flexibility index (Phi) is 4.43. The third-order valence-corrected chi connectivity index (χ3v) is 6.18. The van der Waals surface area contributed by atoms with Gasteiger partial charge in [0, 0.05) is 29.2 Å². The molecule has 0 spiro atoms. The summed E-state index contributed by atoms with van der Waals surface area (Å²) in [5, 5.41) is 15.6. The summed E-state index contributed by atoms with van der Waals surface area (Å²) in [4.78, 5) is 17.7. The van der Waals surface area contributed by atoms with Gasteiger partial charge >= 0.3 is 0 Å². The first kappa shape index (κ1) is 18.6. The molecule has 4 aromatic rings. The highest BCUT2D eigenvalue weighted by Crippen LogP contribution is 2.29. The second-order valence-electron chi connectivity index (χ2n) is 8.34. The molecule has 6 nitrogen and oxygen atoms in total. The number of hydrogen-bond donors (Lipinski definition) is 0. The quantitative estimate of drug-likeness (QED) is 0.476. The molecule has 1 aliphatic rings. The van der Waals surface area contributed by atoms with Gasteiger partial charge in [-0.25, -0.2) is 14.8 Å². The lowest BCUT2D eigenvalue weighted by molar-refractivity contribution is 0.469. The normalized spacial score (nSPS) is 16.8. The van der Waals surface area contributed by atoms with E-state index in [1.54, 1.807) is 0 Å². The Morgan fingerprint density at radius 3 is 2.93 bits per heavy atom. The molecule has 5 rings (SSSR count). The van der Waals surface area contributed by atoms with Crippen LogP contribution in [0.3, 0.4) is 0 Å². The summed E-state index contributed by atoms with van der Waals surface area (Å²) in [5.41, 5.74) is 4.71. The lowest BCUT2D eigenvalue weighted by atomic mass is 9.42. The molecule has 1 aliphatic heterocycles. The van der Waals surface area contributed by atoms with Crippen LogP contribution in [0.2, 0.25) is 12.6 Å². The van der Waals surface area contributed by atoms with E-state index in [2.05, 4.69) is 11.0 Å². The van der Waals surface area contributed by atoms with Crippen molar-refractivity contribution in [3.63, 3.8) is 0 Å². The fourth-order valence-electron chi connectivity index (χ4n) is 4.63. The van der Waals surface area contributed by atoms with E-state index in [-0.39, 0.29) is 18.3 Å². The number of aromatic nitrogens is 4. The zero-order valence-corrected chi connectivity index (χ0v) is 17.2. The molecule has 3 aromatic heterocycles. The molecule has 0 bridgehead atoms. The van der Waals surface area contributed by atoms with Crippen molar-refractivity contribution in [2.45, 2.75) is 45.4 Å². The van der Waals surface area contributed by atoms with Crippen molar-refractivity contribution in [3.05, 3.63) is 64.3 Å². The van der Waals surface area contributed by atoms with Crippen molar-refractivity contribution in [2.24, 2.45) is 0 Å². The summed E-state index contributed by atoms with van der Waals surface area (Å²) >= 11 is 0. The van der Waals surface area contributed by atoms with E-state index < -0.39 is 0 Å². The van der Waals surface area contributed by atoms with Gasteiger partial charge in [0.1, 0.15) is 0 Å². The zero-order chi connectivity index (χ0) is 20.8. The molecule has 0 N–H and O–H groups in total. The third kappa shape index (κ3) is 3.09. The van der Waals surface area contributed by atoms with Crippen molar-refractivity contribution < 1.29 is 0 Å². The lowest BCUT2D eigenvalue weighted by Gasteiger charge is -2.25. The number of hydrogen-bond acceptors (Lipinski definition) is 4. The Balaban J connectivity index is 1.56. The highest BCUT2D eigenvalue weighted by molar-refractivity contribution is 6.67. The van der Waals surface area contributed by atoms with Gasteiger partial charge < -0.3 is 4.57 Å². The molecule has 0 radical (unpaired) electrons. The fraction of sp³-hybridized carbons (Fsp3) is 0.304. The predicted octanol–water partition coefficient (Wildman–Crippen LogP) is 4.22. The Morgan fingerprint density at radius 2 is 2.10 bits per heavy atom. The molecule has 4 heterocycles. The van der Waals surface area contributed by atoms with Crippen LogP contribution in [-0.4, -0.2) is 25.9 Å². The van der Waals surface area contributed by atoms with Crippen molar-refractivity contribution in [3.8, 4) is 17.2 Å². The molecule has 7 heteroatoms. The minimum Gasteiger partial charge on any atom is -0.313 e. The average Bonchev–Trinajstić information content (AvgIpc) is 3.14. The van der Waals surface area contributed by atoms with Crippen molar-refractivity contribution >= 4 is 23.1 Å². The summed E-state index contributed by atoms with van der Waals surface area (Å²) in [6, 6.07) is 10.0. The van der Waals surface area contributed by atoms with Gasteiger partial charge in [-0.1, -0.05) is 18.8 Å². The van der Waals surface area contributed by atoms with Crippen LogP contribution in [0.5, 0.6) is 0 Å². The maximum atomic E-state index is 13.2. The molecule has 148 valence electrons. The van der Waals surface area contributed by atoms with Gasteiger partial charge in [-0.2, -0.15) is 5.10 Å². The van der Waals surface area contributed by atoms with E-state index in [1.165, 1.54) is 0 Å². The summed E-state index contributed by atoms with van der Waals surface area (Å²) in [5.74, 6) is 2.38. The predicted molar refractivity (Wildman–Crippen MR) is 119 cm³/mol. The second kappa shape index (κ2) is 7.14. The zero-order valence-electron chi connectivity index (χ0n) is 17.2. The van der Waals surface area contributed by atoms with E-state index in [4.69, 9.17) is 5.10 Å². The molecule has 1 aromatic carbocycles. The number of rotatable bonds is 2. The molecule has 1 unspecified atom stereocenters. The summed E-state index contributed by atoms with van der Waals surface area (Å²) in [6.45, 7) is 4.04. The number of aryl methyl sites for hydroxylation is 2. The molecule has 1 atom stereocenters. The Labute approximate surface area is 174 Å². The van der Waals surface area contributed by atoms with E-state index in [0.717, 1.165) is 59.0 Å². The van der Waals surface area contributed by atoms with E-state index in [0.29, 0.717) is 5.39 Å². The molecule has 30 heavy (non-hydrogen) atoms. The number of fused-ring (bicyclic) bond motifs is 2. The van der Waals surface area contributed by atoms with Crippen molar-refractivity contribution in [2.75, 3.05) is 0 Å². The van der Waals surface area contributed by atoms with Crippen LogP contribution in [0.4, 0.5) is 0 Å². The maximum absolute atomic E-state index is 13.2. The molecule has 0 aliphatic carbocycles. The van der Waals surface area contributed by atoms with Gasteiger partial charge in [0.05, 0.1) is 17.6 Å². The molecule has 0 amide bonds. The van der Waals surface area contributed by atoms with Gasteiger partial charge in [0.15, 0.2) is 5.65 Å². The van der Waals surface area contributed by atoms with Crippen LogP contribution >= 0.6 is 0 Å². The summed E-state index contributed by atoms with van der Waals surface area (Å²) < 4.78 is 3.64. The number of imidazole rings is 1. The number of pyridine rings is 1.